The first-order chi connectivity index (χ1) is 15.5. The number of nitrogens with zero attached hydrogens (tertiary/aromatic N) is 6. The van der Waals surface area contributed by atoms with Gasteiger partial charge in [0.1, 0.15) is 11.2 Å². The average Bonchev–Trinajstić information content (AvgIpc) is 3.50. The number of amides is 1. The van der Waals surface area contributed by atoms with Gasteiger partial charge in [0.2, 0.25) is 0 Å². The number of hydrogen-bond donors (Lipinski definition) is 1. The van der Waals surface area contributed by atoms with Gasteiger partial charge in [-0.2, -0.15) is 5.10 Å². The number of hydrogen-bond acceptors (Lipinski definition) is 6. The normalized spacial score (nSPS) is 11.2. The van der Waals surface area contributed by atoms with Crippen molar-refractivity contribution in [3.8, 4) is 5.69 Å². The molecule has 8 nitrogen and oxygen atoms in total. The summed E-state index contributed by atoms with van der Waals surface area (Å²) in [4.78, 5) is 14.5. The van der Waals surface area contributed by atoms with E-state index >= 15 is 0 Å². The minimum atomic E-state index is -0.163. The molecule has 1 N–H and O–H groups in total. The van der Waals surface area contributed by atoms with Crippen LogP contribution in [-0.4, -0.2) is 35.9 Å². The lowest BCUT2D eigenvalue weighted by molar-refractivity contribution is 0.103. The first-order valence-electron chi connectivity index (χ1n) is 9.85. The van der Waals surface area contributed by atoms with Crippen molar-refractivity contribution in [3.63, 3.8) is 0 Å². The zero-order valence-corrected chi connectivity index (χ0v) is 18.9. The molecule has 160 valence electrons. The zero-order chi connectivity index (χ0) is 22.2. The van der Waals surface area contributed by atoms with Crippen molar-refractivity contribution in [3.05, 3.63) is 81.6 Å². The number of rotatable bonds is 5. The van der Waals surface area contributed by atoms with E-state index in [9.17, 15) is 4.79 Å². The molecule has 0 aliphatic rings. The Morgan fingerprint density at radius 3 is 2.75 bits per heavy atom. The number of thiophene rings is 1. The van der Waals surface area contributed by atoms with Gasteiger partial charge >= 0.3 is 0 Å². The maximum Gasteiger partial charge on any atom is 0.265 e. The van der Waals surface area contributed by atoms with Crippen LogP contribution >= 0.6 is 22.9 Å². The van der Waals surface area contributed by atoms with Crippen LogP contribution in [0.2, 0.25) is 5.02 Å². The van der Waals surface area contributed by atoms with Gasteiger partial charge in [0.25, 0.3) is 5.91 Å². The van der Waals surface area contributed by atoms with E-state index in [-0.39, 0.29) is 5.91 Å². The van der Waals surface area contributed by atoms with Gasteiger partial charge in [0.15, 0.2) is 0 Å². The third kappa shape index (κ3) is 3.76. The molecule has 5 rings (SSSR count). The van der Waals surface area contributed by atoms with E-state index in [1.165, 1.54) is 17.7 Å². The molecule has 0 saturated heterocycles. The first-order valence-corrected chi connectivity index (χ1v) is 11.0. The fourth-order valence-corrected chi connectivity index (χ4v) is 4.83. The van der Waals surface area contributed by atoms with Crippen molar-refractivity contribution in [1.29, 1.82) is 0 Å². The molecule has 0 aliphatic carbocycles. The van der Waals surface area contributed by atoms with E-state index < -0.39 is 0 Å². The molecule has 3 heterocycles. The molecule has 10 heteroatoms. The van der Waals surface area contributed by atoms with Crippen LogP contribution in [0.5, 0.6) is 0 Å². The zero-order valence-electron chi connectivity index (χ0n) is 17.3. The molecular formula is C22H18ClN7OS. The van der Waals surface area contributed by atoms with Crippen LogP contribution in [0.3, 0.4) is 0 Å². The highest BCUT2D eigenvalue weighted by molar-refractivity contribution is 7.20. The maximum atomic E-state index is 13.0. The molecule has 1 amide bonds. The second-order valence-corrected chi connectivity index (χ2v) is 8.81. The first kappa shape index (κ1) is 20.3. The largest absolute Gasteiger partial charge is 0.321 e. The van der Waals surface area contributed by atoms with Crippen LogP contribution in [0.15, 0.2) is 54.9 Å². The van der Waals surface area contributed by atoms with Crippen LogP contribution in [0.4, 0.5) is 5.69 Å². The molecule has 2 aromatic carbocycles. The Balaban J connectivity index is 1.40. The van der Waals surface area contributed by atoms with Gasteiger partial charge in [0, 0.05) is 16.1 Å². The third-order valence-corrected chi connectivity index (χ3v) is 6.68. The van der Waals surface area contributed by atoms with E-state index in [4.69, 9.17) is 11.6 Å². The molecule has 0 saturated carbocycles. The van der Waals surface area contributed by atoms with Crippen molar-refractivity contribution in [2.45, 2.75) is 20.4 Å². The Kier molecular flexibility index (Phi) is 5.20. The standard InChI is InChI=1S/C22H18ClN7OS/c1-13-9-16(7-8-19(13)30-12-24-27-28-30)25-21(31)20-10-17-14(2)26-29(22(17)32-20)11-15-5-3-4-6-18(15)23/h3-10,12H,11H2,1-2H3,(H,25,31). The summed E-state index contributed by atoms with van der Waals surface area (Å²) in [6.07, 6.45) is 1.53. The van der Waals surface area contributed by atoms with Crippen molar-refractivity contribution < 1.29 is 4.79 Å². The summed E-state index contributed by atoms with van der Waals surface area (Å²) in [5.41, 5.74) is 4.36. The summed E-state index contributed by atoms with van der Waals surface area (Å²) in [5, 5.41) is 20.5. The Morgan fingerprint density at radius 1 is 1.16 bits per heavy atom. The lowest BCUT2D eigenvalue weighted by Crippen LogP contribution is -2.11. The van der Waals surface area contributed by atoms with Gasteiger partial charge in [-0.25, -0.2) is 4.68 Å². The number of halogens is 1. The van der Waals surface area contributed by atoms with Gasteiger partial charge in [-0.3, -0.25) is 9.48 Å². The molecule has 0 radical (unpaired) electrons. The molecule has 0 fully saturated rings. The highest BCUT2D eigenvalue weighted by atomic mass is 35.5. The summed E-state index contributed by atoms with van der Waals surface area (Å²) in [7, 11) is 0. The number of benzene rings is 2. The van der Waals surface area contributed by atoms with Crippen molar-refractivity contribution in [2.75, 3.05) is 5.32 Å². The number of tetrazole rings is 1. The summed E-state index contributed by atoms with van der Waals surface area (Å²) in [6.45, 7) is 4.43. The van der Waals surface area contributed by atoms with Gasteiger partial charge in [-0.05, 0) is 65.7 Å². The molecule has 0 aliphatic heterocycles. The van der Waals surface area contributed by atoms with E-state index in [0.29, 0.717) is 22.1 Å². The van der Waals surface area contributed by atoms with Crippen LogP contribution in [-0.2, 0) is 6.54 Å². The van der Waals surface area contributed by atoms with Crippen molar-refractivity contribution in [1.82, 2.24) is 30.0 Å². The minimum Gasteiger partial charge on any atom is -0.321 e. The Labute approximate surface area is 192 Å². The molecule has 0 bridgehead atoms. The van der Waals surface area contributed by atoms with Gasteiger partial charge < -0.3 is 5.32 Å². The molecule has 5 aromatic rings. The number of aromatic nitrogens is 6. The topological polar surface area (TPSA) is 90.5 Å². The van der Waals surface area contributed by atoms with Crippen LogP contribution in [0, 0.1) is 13.8 Å². The van der Waals surface area contributed by atoms with Crippen LogP contribution in [0.1, 0.15) is 26.5 Å². The molecule has 0 spiro atoms. The lowest BCUT2D eigenvalue weighted by Gasteiger charge is -2.08. The second kappa shape index (κ2) is 8.18. The molecule has 32 heavy (non-hydrogen) atoms. The lowest BCUT2D eigenvalue weighted by atomic mass is 10.1. The van der Waals surface area contributed by atoms with Crippen molar-refractivity contribution >= 4 is 44.7 Å². The van der Waals surface area contributed by atoms with Crippen LogP contribution < -0.4 is 5.32 Å². The molecule has 0 unspecified atom stereocenters. The Bertz CT molecular complexity index is 1440. The number of carbonyl (C=O) groups excluding carboxylic acids is 1. The third-order valence-electron chi connectivity index (χ3n) is 5.16. The Hall–Kier alpha value is -3.56. The van der Waals surface area contributed by atoms with Gasteiger partial charge in [0.05, 0.1) is 22.8 Å². The molecule has 3 aromatic heterocycles. The van der Waals surface area contributed by atoms with E-state index in [0.717, 1.165) is 32.7 Å². The van der Waals surface area contributed by atoms with E-state index in [2.05, 4.69) is 25.9 Å². The summed E-state index contributed by atoms with van der Waals surface area (Å²) in [6, 6.07) is 15.2. The highest BCUT2D eigenvalue weighted by Gasteiger charge is 2.17. The minimum absolute atomic E-state index is 0.163. The quantitative estimate of drug-likeness (QED) is 0.410. The number of carbonyl (C=O) groups is 1. The smallest absolute Gasteiger partial charge is 0.265 e. The fraction of sp³-hybridized carbons (Fsp3) is 0.136. The molecule has 0 atom stereocenters. The summed E-state index contributed by atoms with van der Waals surface area (Å²) in [5.74, 6) is -0.163. The molecular weight excluding hydrogens is 446 g/mol. The number of nitrogens with one attached hydrogen (secondary N) is 1. The van der Waals surface area contributed by atoms with Crippen molar-refractivity contribution in [2.24, 2.45) is 0 Å². The highest BCUT2D eigenvalue weighted by Crippen LogP contribution is 2.30. The Morgan fingerprint density at radius 2 is 2.00 bits per heavy atom. The van der Waals surface area contributed by atoms with Crippen LogP contribution in [0.25, 0.3) is 15.9 Å². The SMILES string of the molecule is Cc1cc(NC(=O)c2cc3c(C)nn(Cc4ccccc4Cl)c3s2)ccc1-n1cnnn1. The maximum absolute atomic E-state index is 13.0. The van der Waals surface area contributed by atoms with E-state index in [1.807, 2.05) is 67.1 Å². The number of fused-ring (bicyclic) bond motifs is 1. The monoisotopic (exact) mass is 463 g/mol. The van der Waals surface area contributed by atoms with Gasteiger partial charge in [-0.15, -0.1) is 16.4 Å². The van der Waals surface area contributed by atoms with Gasteiger partial charge in [-0.1, -0.05) is 29.8 Å². The summed E-state index contributed by atoms with van der Waals surface area (Å²) < 4.78 is 3.48. The van der Waals surface area contributed by atoms with E-state index in [1.54, 1.807) is 4.68 Å². The number of anilines is 1. The second-order valence-electron chi connectivity index (χ2n) is 7.37. The fourth-order valence-electron chi connectivity index (χ4n) is 3.57. The summed E-state index contributed by atoms with van der Waals surface area (Å²) >= 11 is 7.74. The average molecular weight is 464 g/mol. The number of aryl methyl sites for hydroxylation is 2. The predicted octanol–water partition coefficient (Wildman–Crippen LogP) is 4.64. The predicted molar refractivity (Wildman–Crippen MR) is 125 cm³/mol.